The van der Waals surface area contributed by atoms with Gasteiger partial charge in [-0.15, -0.1) is 0 Å². The fourth-order valence-electron chi connectivity index (χ4n) is 5.37. The summed E-state index contributed by atoms with van der Waals surface area (Å²) in [6.45, 7) is 8.60. The van der Waals surface area contributed by atoms with Gasteiger partial charge in [0.15, 0.2) is 0 Å². The van der Waals surface area contributed by atoms with Crippen LogP contribution in [0.15, 0.2) is 30.3 Å². The Hall–Kier alpha value is -2.45. The highest BCUT2D eigenvalue weighted by Crippen LogP contribution is 2.26. The summed E-state index contributed by atoms with van der Waals surface area (Å²) in [6.07, 6.45) is 3.84. The number of amides is 3. The molecule has 0 spiro atoms. The molecule has 38 heavy (non-hydrogen) atoms. The molecular weight excluding hydrogens is 482 g/mol. The number of likely N-dealkylation sites (tertiary alicyclic amines) is 1. The Bertz CT molecular complexity index is 878. The molecule has 0 aromatic heterocycles. The lowest BCUT2D eigenvalue weighted by Crippen LogP contribution is -2.47. The number of nitrogens with one attached hydrogen (secondary N) is 1. The number of nitrogens with zero attached hydrogens (tertiary/aromatic N) is 2. The van der Waals surface area contributed by atoms with Crippen LogP contribution in [0.25, 0.3) is 0 Å². The normalized spacial score (nSPS) is 18.6. The molecule has 0 saturated carbocycles. The van der Waals surface area contributed by atoms with Gasteiger partial charge in [-0.1, -0.05) is 57.5 Å². The summed E-state index contributed by atoms with van der Waals surface area (Å²) in [5.74, 6) is 0.259. The van der Waals surface area contributed by atoms with Crippen molar-refractivity contribution in [1.29, 1.82) is 0 Å². The first kappa shape index (κ1) is 31.8. The Morgan fingerprint density at radius 1 is 1.13 bits per heavy atom. The molecule has 1 aliphatic heterocycles. The van der Waals surface area contributed by atoms with Crippen molar-refractivity contribution in [2.24, 2.45) is 5.92 Å². The van der Waals surface area contributed by atoms with Crippen molar-refractivity contribution < 1.29 is 24.2 Å². The van der Waals surface area contributed by atoms with E-state index in [-0.39, 0.29) is 36.2 Å². The molecule has 214 valence electrons. The van der Waals surface area contributed by atoms with E-state index in [1.165, 1.54) is 0 Å². The van der Waals surface area contributed by atoms with Crippen LogP contribution in [0.3, 0.4) is 0 Å². The molecule has 8 nitrogen and oxygen atoms in total. The van der Waals surface area contributed by atoms with Gasteiger partial charge < -0.3 is 25.0 Å². The summed E-state index contributed by atoms with van der Waals surface area (Å²) in [5, 5.41) is 13.5. The van der Waals surface area contributed by atoms with Gasteiger partial charge in [0.25, 0.3) is 0 Å². The van der Waals surface area contributed by atoms with Crippen molar-refractivity contribution in [3.05, 3.63) is 35.9 Å². The smallest absolute Gasteiger partial charge is 0.223 e. The van der Waals surface area contributed by atoms with Crippen molar-refractivity contribution >= 4 is 17.7 Å². The van der Waals surface area contributed by atoms with Crippen LogP contribution in [0.5, 0.6) is 0 Å². The van der Waals surface area contributed by atoms with Gasteiger partial charge in [0, 0.05) is 39.6 Å². The highest BCUT2D eigenvalue weighted by atomic mass is 16.5. The Balaban J connectivity index is 1.95. The number of rotatable bonds is 15. The minimum atomic E-state index is -0.813. The van der Waals surface area contributed by atoms with E-state index in [1.807, 2.05) is 61.0 Å². The quantitative estimate of drug-likeness (QED) is 0.355. The van der Waals surface area contributed by atoms with Crippen LogP contribution in [0.1, 0.15) is 90.7 Å². The number of benzene rings is 1. The lowest BCUT2D eigenvalue weighted by atomic mass is 10.0. The summed E-state index contributed by atoms with van der Waals surface area (Å²) in [7, 11) is 3.43. The van der Waals surface area contributed by atoms with E-state index in [9.17, 15) is 19.5 Å². The summed E-state index contributed by atoms with van der Waals surface area (Å²) >= 11 is 0. The van der Waals surface area contributed by atoms with Gasteiger partial charge >= 0.3 is 0 Å². The third-order valence-corrected chi connectivity index (χ3v) is 7.58. The fraction of sp³-hybridized carbons (Fsp3) is 0.700. The van der Waals surface area contributed by atoms with Gasteiger partial charge in [0.2, 0.25) is 17.7 Å². The maximum atomic E-state index is 13.3. The number of carbonyl (C=O) groups excluding carboxylic acids is 3. The maximum absolute atomic E-state index is 13.3. The molecule has 1 saturated heterocycles. The number of aliphatic hydroxyl groups excluding tert-OH is 1. The highest BCUT2D eigenvalue weighted by Gasteiger charge is 2.36. The van der Waals surface area contributed by atoms with E-state index in [1.54, 1.807) is 14.0 Å². The lowest BCUT2D eigenvalue weighted by molar-refractivity contribution is -0.138. The third kappa shape index (κ3) is 9.38. The van der Waals surface area contributed by atoms with E-state index in [0.29, 0.717) is 31.7 Å². The van der Waals surface area contributed by atoms with E-state index in [4.69, 9.17) is 4.74 Å². The van der Waals surface area contributed by atoms with Crippen LogP contribution in [0, 0.1) is 5.92 Å². The minimum absolute atomic E-state index is 0.0396. The molecule has 5 atom stereocenters. The number of ether oxygens (including phenoxy) is 1. The Kier molecular flexibility index (Phi) is 13.2. The number of aliphatic hydroxyl groups is 1. The van der Waals surface area contributed by atoms with Gasteiger partial charge in [0.05, 0.1) is 30.7 Å². The van der Waals surface area contributed by atoms with Crippen molar-refractivity contribution in [1.82, 2.24) is 15.1 Å². The van der Waals surface area contributed by atoms with Crippen molar-refractivity contribution in [3.63, 3.8) is 0 Å². The second-order valence-electron chi connectivity index (χ2n) is 11.1. The average molecular weight is 532 g/mol. The van der Waals surface area contributed by atoms with E-state index < -0.39 is 18.2 Å². The molecule has 0 bridgehead atoms. The number of methoxy groups -OCH3 is 1. The van der Waals surface area contributed by atoms with Crippen LogP contribution >= 0.6 is 0 Å². The molecule has 3 amide bonds. The monoisotopic (exact) mass is 531 g/mol. The fourth-order valence-corrected chi connectivity index (χ4v) is 5.37. The largest absolute Gasteiger partial charge is 0.386 e. The van der Waals surface area contributed by atoms with Gasteiger partial charge in [-0.25, -0.2) is 0 Å². The van der Waals surface area contributed by atoms with Crippen LogP contribution in [0.2, 0.25) is 0 Å². The molecule has 1 aromatic carbocycles. The molecule has 0 aliphatic carbocycles. The van der Waals surface area contributed by atoms with E-state index >= 15 is 0 Å². The Labute approximate surface area is 229 Å². The first-order chi connectivity index (χ1) is 18.1. The van der Waals surface area contributed by atoms with Gasteiger partial charge in [-0.3, -0.25) is 14.4 Å². The summed E-state index contributed by atoms with van der Waals surface area (Å²) in [6, 6.07) is 8.65. The molecule has 1 aromatic rings. The molecular formula is C30H49N3O5. The molecule has 5 unspecified atom stereocenters. The molecule has 1 aliphatic rings. The predicted octanol–water partition coefficient (Wildman–Crippen LogP) is 4.07. The first-order valence-electron chi connectivity index (χ1n) is 14.2. The Morgan fingerprint density at radius 3 is 2.42 bits per heavy atom. The predicted molar refractivity (Wildman–Crippen MR) is 149 cm³/mol. The zero-order valence-corrected chi connectivity index (χ0v) is 24.2. The Morgan fingerprint density at radius 2 is 1.82 bits per heavy atom. The molecule has 8 heteroatoms. The summed E-state index contributed by atoms with van der Waals surface area (Å²) in [5.41, 5.74) is 0.745. The SMILES string of the molecule is CCCC(CCC(=O)N1CCCC1C(CC(=O)NC(C)C(O)c1ccccc1)OC)N(C)C(=O)CC(C)C. The van der Waals surface area contributed by atoms with Crippen molar-refractivity contribution in [2.45, 2.75) is 109 Å². The third-order valence-electron chi connectivity index (χ3n) is 7.58. The van der Waals surface area contributed by atoms with Crippen LogP contribution in [-0.2, 0) is 19.1 Å². The lowest BCUT2D eigenvalue weighted by Gasteiger charge is -2.33. The summed E-state index contributed by atoms with van der Waals surface area (Å²) < 4.78 is 5.71. The van der Waals surface area contributed by atoms with Crippen LogP contribution in [0.4, 0.5) is 0 Å². The zero-order chi connectivity index (χ0) is 28.2. The number of carbonyl (C=O) groups is 3. The molecule has 0 radical (unpaired) electrons. The van der Waals surface area contributed by atoms with Gasteiger partial charge in [0.1, 0.15) is 0 Å². The number of hydrogen-bond acceptors (Lipinski definition) is 5. The van der Waals surface area contributed by atoms with Crippen molar-refractivity contribution in [2.75, 3.05) is 20.7 Å². The highest BCUT2D eigenvalue weighted by molar-refractivity contribution is 5.79. The van der Waals surface area contributed by atoms with Crippen LogP contribution < -0.4 is 5.32 Å². The van der Waals surface area contributed by atoms with Gasteiger partial charge in [-0.05, 0) is 44.1 Å². The topological polar surface area (TPSA) is 99.2 Å². The minimum Gasteiger partial charge on any atom is -0.386 e. The standard InChI is InChI=1S/C30H49N3O5/c1-7-12-24(32(5)29(36)19-21(2)3)16-17-28(35)33-18-11-15-25(33)26(38-6)20-27(34)31-22(4)30(37)23-13-9-8-10-14-23/h8-10,13-14,21-22,24-26,30,37H,7,11-12,15-20H2,1-6H3,(H,31,34). The molecule has 1 heterocycles. The second kappa shape index (κ2) is 15.8. The first-order valence-corrected chi connectivity index (χ1v) is 14.2. The van der Waals surface area contributed by atoms with Crippen LogP contribution in [-0.4, -0.2) is 77.6 Å². The molecule has 1 fully saturated rings. The molecule has 2 N–H and O–H groups in total. The maximum Gasteiger partial charge on any atom is 0.223 e. The van der Waals surface area contributed by atoms with E-state index in [0.717, 1.165) is 31.2 Å². The molecule has 2 rings (SSSR count). The zero-order valence-electron chi connectivity index (χ0n) is 24.2. The average Bonchev–Trinajstić information content (AvgIpc) is 3.38. The van der Waals surface area contributed by atoms with Gasteiger partial charge in [-0.2, -0.15) is 0 Å². The van der Waals surface area contributed by atoms with Crippen molar-refractivity contribution in [3.8, 4) is 0 Å². The summed E-state index contributed by atoms with van der Waals surface area (Å²) in [4.78, 5) is 42.5. The van der Waals surface area contributed by atoms with E-state index in [2.05, 4.69) is 12.2 Å². The second-order valence-corrected chi connectivity index (χ2v) is 11.1. The number of hydrogen-bond donors (Lipinski definition) is 2.